The third-order valence-electron chi connectivity index (χ3n) is 0.801. The Morgan fingerprint density at radius 3 is 2.38 bits per heavy atom. The molecule has 0 saturated carbocycles. The lowest BCUT2D eigenvalue weighted by Crippen LogP contribution is -1.92. The molecular weight excluding hydrogens is 102 g/mol. The Morgan fingerprint density at radius 2 is 2.00 bits per heavy atom. The number of hydrogen-bond acceptors (Lipinski definition) is 3. The Bertz CT molecular complexity index is 151. The molecule has 0 atom stereocenters. The molecule has 8 heavy (non-hydrogen) atoms. The highest BCUT2D eigenvalue weighted by atomic mass is 15.0. The van der Waals surface area contributed by atoms with Crippen LogP contribution in [0.5, 0.6) is 0 Å². The lowest BCUT2D eigenvalue weighted by atomic mass is 10.4. The summed E-state index contributed by atoms with van der Waals surface area (Å²) in [6, 6.07) is 0. The van der Waals surface area contributed by atoms with Crippen molar-refractivity contribution in [2.24, 2.45) is 0 Å². The van der Waals surface area contributed by atoms with Crippen molar-refractivity contribution in [2.45, 2.75) is 6.92 Å². The molecule has 44 valence electrons. The predicted octanol–water partition coefficient (Wildman–Crippen LogP) is 0.613. The van der Waals surface area contributed by atoms with Gasteiger partial charge in [-0.3, -0.25) is 0 Å². The molecule has 0 saturated heterocycles. The molecule has 0 spiro atoms. The summed E-state index contributed by atoms with van der Waals surface area (Å²) >= 11 is 0. The number of nitrogens with zero attached hydrogens (tertiary/aromatic N) is 2. The molecule has 1 rings (SSSR count). The van der Waals surface area contributed by atoms with E-state index in [1.54, 1.807) is 12.4 Å². The number of aryl methyl sites for hydroxylation is 1. The van der Waals surface area contributed by atoms with Crippen LogP contribution in [0.1, 0.15) is 6.99 Å². The average molecular weight is 111 g/mol. The second kappa shape index (κ2) is 1.78. The quantitative estimate of drug-likeness (QED) is 0.533. The Balaban J connectivity index is 0.000000640. The molecular formula is C5H9N3. The van der Waals surface area contributed by atoms with Gasteiger partial charge in [-0.05, 0) is 12.5 Å². The minimum atomic E-state index is 0. The predicted molar refractivity (Wildman–Crippen MR) is 33.3 cm³/mol. The second-order valence-electron chi connectivity index (χ2n) is 1.62. The Kier molecular flexibility index (Phi) is 1.12. The van der Waals surface area contributed by atoms with Gasteiger partial charge in [-0.15, -0.1) is 0 Å². The van der Waals surface area contributed by atoms with E-state index in [4.69, 9.17) is 5.73 Å². The average Bonchev–Trinajstić information content (AvgIpc) is 1.77. The monoisotopic (exact) mass is 111 g/mol. The number of anilines is 1. The molecule has 1 aromatic rings. The third kappa shape index (κ3) is 0.932. The van der Waals surface area contributed by atoms with Crippen LogP contribution in [0.2, 0.25) is 0 Å². The van der Waals surface area contributed by atoms with Crippen molar-refractivity contribution in [3.8, 4) is 0 Å². The number of nitrogen functional groups attached to an aromatic ring is 1. The summed E-state index contributed by atoms with van der Waals surface area (Å²) < 4.78 is 0. The fraction of sp³-hybridized carbons (Fsp3) is 0.200. The van der Waals surface area contributed by atoms with Gasteiger partial charge in [-0.2, -0.15) is 0 Å². The molecule has 0 radical (unpaired) electrons. The van der Waals surface area contributed by atoms with Gasteiger partial charge in [-0.1, -0.05) is 0 Å². The van der Waals surface area contributed by atoms with Gasteiger partial charge in [0.1, 0.15) is 0 Å². The van der Waals surface area contributed by atoms with Crippen molar-refractivity contribution in [3.05, 3.63) is 18.0 Å². The zero-order valence-corrected chi connectivity index (χ0v) is 4.63. The lowest BCUT2D eigenvalue weighted by molar-refractivity contribution is 1.15. The van der Waals surface area contributed by atoms with Crippen molar-refractivity contribution in [3.63, 3.8) is 0 Å². The van der Waals surface area contributed by atoms with Gasteiger partial charge in [-0.25, -0.2) is 9.97 Å². The van der Waals surface area contributed by atoms with Gasteiger partial charge in [0.25, 0.3) is 0 Å². The molecule has 1 heterocycles. The first-order valence-electron chi connectivity index (χ1n) is 2.33. The maximum absolute atomic E-state index is 5.20. The van der Waals surface area contributed by atoms with Crippen LogP contribution in [0.25, 0.3) is 0 Å². The van der Waals surface area contributed by atoms with E-state index < -0.39 is 0 Å². The summed E-state index contributed by atoms with van der Waals surface area (Å²) in [6.45, 7) is 1.92. The van der Waals surface area contributed by atoms with Crippen LogP contribution in [-0.2, 0) is 0 Å². The third-order valence-corrected chi connectivity index (χ3v) is 0.801. The Hall–Kier alpha value is -1.12. The van der Waals surface area contributed by atoms with E-state index in [0.717, 1.165) is 5.56 Å². The summed E-state index contributed by atoms with van der Waals surface area (Å²) in [4.78, 5) is 7.49. The van der Waals surface area contributed by atoms with E-state index in [0.29, 0.717) is 5.95 Å². The van der Waals surface area contributed by atoms with Crippen molar-refractivity contribution in [1.82, 2.24) is 9.97 Å². The zero-order valence-electron chi connectivity index (χ0n) is 4.63. The van der Waals surface area contributed by atoms with Crippen molar-refractivity contribution in [2.75, 3.05) is 5.73 Å². The first-order valence-corrected chi connectivity index (χ1v) is 2.33. The van der Waals surface area contributed by atoms with Crippen LogP contribution in [-0.4, -0.2) is 9.97 Å². The van der Waals surface area contributed by atoms with Crippen LogP contribution >= 0.6 is 0 Å². The molecule has 0 aliphatic carbocycles. The van der Waals surface area contributed by atoms with E-state index in [1.165, 1.54) is 0 Å². The SMILES string of the molecule is Cc1cnc(N)nc1.[HH]. The highest BCUT2D eigenvalue weighted by molar-refractivity contribution is 5.15. The fourth-order valence-electron chi connectivity index (χ4n) is 0.403. The first kappa shape index (κ1) is 5.03. The number of rotatable bonds is 0. The lowest BCUT2D eigenvalue weighted by Gasteiger charge is -1.88. The minimum absolute atomic E-state index is 0. The van der Waals surface area contributed by atoms with E-state index in [2.05, 4.69) is 9.97 Å². The highest BCUT2D eigenvalue weighted by Gasteiger charge is 1.83. The van der Waals surface area contributed by atoms with E-state index in [1.807, 2.05) is 6.92 Å². The molecule has 0 aliphatic heterocycles. The van der Waals surface area contributed by atoms with Gasteiger partial charge >= 0.3 is 0 Å². The van der Waals surface area contributed by atoms with Crippen LogP contribution in [0.3, 0.4) is 0 Å². The molecule has 0 bridgehead atoms. The molecule has 0 aromatic carbocycles. The summed E-state index contributed by atoms with van der Waals surface area (Å²) in [5, 5.41) is 0. The molecule has 3 nitrogen and oxygen atoms in total. The zero-order chi connectivity index (χ0) is 5.98. The number of hydrogen-bond donors (Lipinski definition) is 1. The van der Waals surface area contributed by atoms with Crippen LogP contribution < -0.4 is 5.73 Å². The molecule has 2 N–H and O–H groups in total. The summed E-state index contributed by atoms with van der Waals surface area (Å²) in [6.07, 6.45) is 3.37. The fourth-order valence-corrected chi connectivity index (χ4v) is 0.403. The standard InChI is InChI=1S/C5H7N3.H2/c1-4-2-7-5(6)8-3-4;/h2-3H,1H3,(H2,6,7,8);1H. The van der Waals surface area contributed by atoms with Gasteiger partial charge in [0.05, 0.1) is 0 Å². The van der Waals surface area contributed by atoms with Crippen LogP contribution in [0.15, 0.2) is 12.4 Å². The molecule has 0 unspecified atom stereocenters. The van der Waals surface area contributed by atoms with Gasteiger partial charge in [0, 0.05) is 13.8 Å². The molecule has 3 heteroatoms. The van der Waals surface area contributed by atoms with Gasteiger partial charge in [0.2, 0.25) is 5.95 Å². The topological polar surface area (TPSA) is 51.8 Å². The molecule has 1 aromatic heterocycles. The minimum Gasteiger partial charge on any atom is -0.368 e. The first-order chi connectivity index (χ1) is 3.79. The van der Waals surface area contributed by atoms with Crippen molar-refractivity contribution >= 4 is 5.95 Å². The van der Waals surface area contributed by atoms with Gasteiger partial charge in [0.15, 0.2) is 0 Å². The summed E-state index contributed by atoms with van der Waals surface area (Å²) in [5.74, 6) is 0.329. The summed E-state index contributed by atoms with van der Waals surface area (Å²) in [5.41, 5.74) is 6.23. The number of nitrogens with two attached hydrogens (primary N) is 1. The van der Waals surface area contributed by atoms with E-state index in [9.17, 15) is 0 Å². The van der Waals surface area contributed by atoms with Crippen molar-refractivity contribution in [1.29, 1.82) is 0 Å². The van der Waals surface area contributed by atoms with Crippen molar-refractivity contribution < 1.29 is 1.43 Å². The van der Waals surface area contributed by atoms with E-state index in [-0.39, 0.29) is 1.43 Å². The maximum atomic E-state index is 5.20. The maximum Gasteiger partial charge on any atom is 0.219 e. The molecule has 0 aliphatic rings. The van der Waals surface area contributed by atoms with Crippen LogP contribution in [0.4, 0.5) is 5.95 Å². The normalized spacial score (nSPS) is 9.12. The largest absolute Gasteiger partial charge is 0.368 e. The molecule has 0 amide bonds. The van der Waals surface area contributed by atoms with Gasteiger partial charge < -0.3 is 5.73 Å². The number of aromatic nitrogens is 2. The Morgan fingerprint density at radius 1 is 1.50 bits per heavy atom. The second-order valence-corrected chi connectivity index (χ2v) is 1.62. The Labute approximate surface area is 49.1 Å². The summed E-state index contributed by atoms with van der Waals surface area (Å²) in [7, 11) is 0. The smallest absolute Gasteiger partial charge is 0.219 e. The van der Waals surface area contributed by atoms with E-state index >= 15 is 0 Å². The van der Waals surface area contributed by atoms with Crippen LogP contribution in [0, 0.1) is 6.92 Å². The highest BCUT2D eigenvalue weighted by Crippen LogP contribution is 1.91. The molecule has 0 fully saturated rings.